The SMILES string of the molecule is CCOc1ccccc1-c1nn(C[NH+]2CCC(O)CC2)c(=S)o1. The van der Waals surface area contributed by atoms with Crippen LogP contribution in [0.1, 0.15) is 19.8 Å². The van der Waals surface area contributed by atoms with Crippen molar-refractivity contribution in [3.8, 4) is 17.2 Å². The van der Waals surface area contributed by atoms with Gasteiger partial charge >= 0.3 is 0 Å². The number of hydrogen-bond acceptors (Lipinski definition) is 5. The van der Waals surface area contributed by atoms with Gasteiger partial charge in [-0.15, -0.1) is 5.10 Å². The van der Waals surface area contributed by atoms with Crippen molar-refractivity contribution in [1.82, 2.24) is 9.78 Å². The number of para-hydroxylation sites is 1. The van der Waals surface area contributed by atoms with Crippen LogP contribution in [0.25, 0.3) is 11.5 Å². The van der Waals surface area contributed by atoms with Crippen molar-refractivity contribution >= 4 is 12.2 Å². The molecule has 0 unspecified atom stereocenters. The minimum Gasteiger partial charge on any atom is -0.493 e. The van der Waals surface area contributed by atoms with Gasteiger partial charge in [-0.2, -0.15) is 4.68 Å². The molecule has 2 N–H and O–H groups in total. The van der Waals surface area contributed by atoms with Crippen LogP contribution in [0.4, 0.5) is 0 Å². The second-order valence-corrected chi connectivity index (χ2v) is 6.09. The van der Waals surface area contributed by atoms with E-state index in [9.17, 15) is 5.11 Å². The topological polar surface area (TPSA) is 64.9 Å². The zero-order valence-corrected chi connectivity index (χ0v) is 14.0. The van der Waals surface area contributed by atoms with Crippen LogP contribution >= 0.6 is 12.2 Å². The standard InChI is InChI=1S/C16H21N3O3S/c1-2-21-14-6-4-3-5-13(14)15-17-19(16(23)22-15)11-18-9-7-12(20)8-10-18/h3-6,12,20H,2,7-11H2,1H3/p+1. The predicted molar refractivity (Wildman–Crippen MR) is 87.9 cm³/mol. The first kappa shape index (κ1) is 16.2. The third-order valence-electron chi connectivity index (χ3n) is 4.06. The molecule has 0 atom stereocenters. The Balaban J connectivity index is 1.80. The Hall–Kier alpha value is -1.70. The number of nitrogens with zero attached hydrogens (tertiary/aromatic N) is 2. The van der Waals surface area contributed by atoms with E-state index >= 15 is 0 Å². The molecule has 1 saturated heterocycles. The van der Waals surface area contributed by atoms with Crippen LogP contribution in [0.3, 0.4) is 0 Å². The average molecular weight is 336 g/mol. The largest absolute Gasteiger partial charge is 0.493 e. The number of likely N-dealkylation sites (tertiary alicyclic amines) is 1. The Bertz CT molecular complexity index is 705. The monoisotopic (exact) mass is 336 g/mol. The number of piperidine rings is 1. The summed E-state index contributed by atoms with van der Waals surface area (Å²) in [6.45, 7) is 5.02. The van der Waals surface area contributed by atoms with Crippen molar-refractivity contribution in [2.24, 2.45) is 0 Å². The zero-order chi connectivity index (χ0) is 16.2. The molecule has 1 aromatic carbocycles. The van der Waals surface area contributed by atoms with Crippen LogP contribution in [-0.2, 0) is 6.67 Å². The Morgan fingerprint density at radius 3 is 2.87 bits per heavy atom. The van der Waals surface area contributed by atoms with Crippen LogP contribution in [0.15, 0.2) is 28.7 Å². The quantitative estimate of drug-likeness (QED) is 0.805. The molecule has 0 aliphatic carbocycles. The Kier molecular flexibility index (Phi) is 5.09. The molecule has 0 amide bonds. The normalized spacial score (nSPS) is 21.3. The number of hydrogen-bond donors (Lipinski definition) is 2. The molecule has 1 aliphatic rings. The van der Waals surface area contributed by atoms with Crippen molar-refractivity contribution < 1.29 is 19.2 Å². The third-order valence-corrected chi connectivity index (χ3v) is 4.35. The lowest BCUT2D eigenvalue weighted by molar-refractivity contribution is -0.929. The lowest BCUT2D eigenvalue weighted by Gasteiger charge is -2.25. The van der Waals surface area contributed by atoms with Gasteiger partial charge in [0.1, 0.15) is 5.75 Å². The van der Waals surface area contributed by atoms with Gasteiger partial charge in [-0.3, -0.25) is 0 Å². The summed E-state index contributed by atoms with van der Waals surface area (Å²) in [5.74, 6) is 1.22. The number of rotatable bonds is 5. The Morgan fingerprint density at radius 2 is 2.13 bits per heavy atom. The molecule has 2 aromatic rings. The van der Waals surface area contributed by atoms with Crippen molar-refractivity contribution in [2.75, 3.05) is 19.7 Å². The minimum atomic E-state index is -0.169. The molecule has 6 nitrogen and oxygen atoms in total. The number of aliphatic hydroxyl groups is 1. The molecule has 2 heterocycles. The number of benzene rings is 1. The molecule has 3 rings (SSSR count). The van der Waals surface area contributed by atoms with Gasteiger partial charge in [0.2, 0.25) is 0 Å². The molecule has 0 spiro atoms. The van der Waals surface area contributed by atoms with E-state index in [1.165, 1.54) is 4.90 Å². The Morgan fingerprint density at radius 1 is 1.39 bits per heavy atom. The molecule has 7 heteroatoms. The molecule has 1 aromatic heterocycles. The van der Waals surface area contributed by atoms with Gasteiger partial charge in [0.15, 0.2) is 6.67 Å². The summed E-state index contributed by atoms with van der Waals surface area (Å²) < 4.78 is 13.0. The molecule has 0 saturated carbocycles. The van der Waals surface area contributed by atoms with Crippen molar-refractivity contribution in [1.29, 1.82) is 0 Å². The van der Waals surface area contributed by atoms with E-state index in [0.29, 0.717) is 24.0 Å². The van der Waals surface area contributed by atoms with E-state index in [0.717, 1.165) is 37.2 Å². The number of nitrogens with one attached hydrogen (secondary N) is 1. The summed E-state index contributed by atoms with van der Waals surface area (Å²) >= 11 is 5.30. The summed E-state index contributed by atoms with van der Waals surface area (Å²) in [6.07, 6.45) is 1.47. The van der Waals surface area contributed by atoms with Gasteiger partial charge in [-0.05, 0) is 31.3 Å². The second kappa shape index (κ2) is 7.25. The van der Waals surface area contributed by atoms with E-state index in [1.54, 1.807) is 4.68 Å². The number of quaternary nitrogens is 1. The molecular weight excluding hydrogens is 314 g/mol. The van der Waals surface area contributed by atoms with E-state index in [1.807, 2.05) is 31.2 Å². The number of aromatic nitrogens is 2. The maximum atomic E-state index is 9.59. The fraction of sp³-hybridized carbons (Fsp3) is 0.500. The molecule has 23 heavy (non-hydrogen) atoms. The van der Waals surface area contributed by atoms with Gasteiger partial charge < -0.3 is 19.2 Å². The highest BCUT2D eigenvalue weighted by atomic mass is 32.1. The lowest BCUT2D eigenvalue weighted by Crippen LogP contribution is -3.12. The molecule has 0 bridgehead atoms. The van der Waals surface area contributed by atoms with Crippen LogP contribution in [0.2, 0.25) is 0 Å². The first-order chi connectivity index (χ1) is 11.2. The molecule has 0 radical (unpaired) electrons. The summed E-state index contributed by atoms with van der Waals surface area (Å²) in [5.41, 5.74) is 0.809. The fourth-order valence-corrected chi connectivity index (χ4v) is 3.00. The van der Waals surface area contributed by atoms with Crippen LogP contribution in [0.5, 0.6) is 5.75 Å². The maximum absolute atomic E-state index is 9.59. The number of aliphatic hydroxyl groups excluding tert-OH is 1. The van der Waals surface area contributed by atoms with Gasteiger partial charge in [0, 0.05) is 12.8 Å². The first-order valence-electron chi connectivity index (χ1n) is 7.99. The van der Waals surface area contributed by atoms with E-state index in [-0.39, 0.29) is 6.10 Å². The van der Waals surface area contributed by atoms with Crippen molar-refractivity contribution in [2.45, 2.75) is 32.5 Å². The van der Waals surface area contributed by atoms with E-state index in [4.69, 9.17) is 21.4 Å². The highest BCUT2D eigenvalue weighted by Gasteiger charge is 2.22. The van der Waals surface area contributed by atoms with E-state index in [2.05, 4.69) is 5.10 Å². The summed E-state index contributed by atoms with van der Waals surface area (Å²) in [4.78, 5) is 1.72. The smallest absolute Gasteiger partial charge is 0.292 e. The van der Waals surface area contributed by atoms with Crippen LogP contribution in [-0.4, -0.2) is 40.7 Å². The summed E-state index contributed by atoms with van der Waals surface area (Å²) in [5, 5.41) is 14.1. The second-order valence-electron chi connectivity index (χ2n) is 5.74. The number of ether oxygens (including phenoxy) is 1. The van der Waals surface area contributed by atoms with Gasteiger partial charge in [0.05, 0.1) is 31.4 Å². The van der Waals surface area contributed by atoms with Crippen LogP contribution in [0, 0.1) is 4.84 Å². The van der Waals surface area contributed by atoms with Gasteiger partial charge in [-0.25, -0.2) is 0 Å². The minimum absolute atomic E-state index is 0.169. The highest BCUT2D eigenvalue weighted by Crippen LogP contribution is 2.28. The average Bonchev–Trinajstić information content (AvgIpc) is 2.91. The summed E-state index contributed by atoms with van der Waals surface area (Å²) in [6, 6.07) is 7.66. The van der Waals surface area contributed by atoms with Crippen LogP contribution < -0.4 is 9.64 Å². The summed E-state index contributed by atoms with van der Waals surface area (Å²) in [7, 11) is 0. The Labute approximate surface area is 140 Å². The predicted octanol–water partition coefficient (Wildman–Crippen LogP) is 1.27. The van der Waals surface area contributed by atoms with Gasteiger partial charge in [-0.1, -0.05) is 12.1 Å². The lowest BCUT2D eigenvalue weighted by atomic mass is 10.1. The van der Waals surface area contributed by atoms with Crippen molar-refractivity contribution in [3.05, 3.63) is 29.1 Å². The van der Waals surface area contributed by atoms with Gasteiger partial charge in [0.25, 0.3) is 10.7 Å². The zero-order valence-electron chi connectivity index (χ0n) is 13.2. The first-order valence-corrected chi connectivity index (χ1v) is 8.40. The molecule has 1 fully saturated rings. The van der Waals surface area contributed by atoms with E-state index < -0.39 is 0 Å². The van der Waals surface area contributed by atoms with Crippen molar-refractivity contribution in [3.63, 3.8) is 0 Å². The maximum Gasteiger partial charge on any atom is 0.292 e. The fourth-order valence-electron chi connectivity index (χ4n) is 2.82. The molecule has 124 valence electrons. The highest BCUT2D eigenvalue weighted by molar-refractivity contribution is 7.71. The molecule has 1 aliphatic heterocycles. The molecular formula is C16H22N3O3S+. The third kappa shape index (κ3) is 3.80.